The Morgan fingerprint density at radius 2 is 2.26 bits per heavy atom. The molecule has 0 bridgehead atoms. The molecule has 0 spiro atoms. The monoisotopic (exact) mass is 281 g/mol. The lowest BCUT2D eigenvalue weighted by atomic mass is 10.5. The predicted molar refractivity (Wildman–Crippen MR) is 71.0 cm³/mol. The summed E-state index contributed by atoms with van der Waals surface area (Å²) in [7, 11) is 0. The van der Waals surface area contributed by atoms with Gasteiger partial charge in [-0.25, -0.2) is 0 Å². The quantitative estimate of drug-likeness (QED) is 0.838. The van der Waals surface area contributed by atoms with Crippen LogP contribution in [0.3, 0.4) is 0 Å². The third-order valence-corrected chi connectivity index (χ3v) is 3.41. The molecule has 0 unspecified atom stereocenters. The average molecular weight is 281 g/mol. The number of rotatable bonds is 5. The molecule has 1 N–H and O–H groups in total. The van der Waals surface area contributed by atoms with Gasteiger partial charge in [0.25, 0.3) is 0 Å². The summed E-state index contributed by atoms with van der Waals surface area (Å²) in [5, 5.41) is 15.1. The normalized spacial score (nSPS) is 10.7. The number of hydrogen-bond acceptors (Lipinski definition) is 6. The second kappa shape index (κ2) is 5.87. The summed E-state index contributed by atoms with van der Waals surface area (Å²) in [5.41, 5.74) is 0. The number of aromatic nitrogens is 4. The van der Waals surface area contributed by atoms with Crippen molar-refractivity contribution in [1.82, 2.24) is 19.9 Å². The lowest BCUT2D eigenvalue weighted by molar-refractivity contribution is -0.113. The summed E-state index contributed by atoms with van der Waals surface area (Å²) >= 11 is 1.35. The molecule has 8 heteroatoms. The van der Waals surface area contributed by atoms with Crippen molar-refractivity contribution in [2.24, 2.45) is 0 Å². The van der Waals surface area contributed by atoms with Crippen LogP contribution in [0.25, 0.3) is 0 Å². The van der Waals surface area contributed by atoms with E-state index >= 15 is 0 Å². The van der Waals surface area contributed by atoms with Crippen molar-refractivity contribution in [2.75, 3.05) is 11.1 Å². The second-order valence-electron chi connectivity index (χ2n) is 3.93. The van der Waals surface area contributed by atoms with Crippen molar-refractivity contribution in [1.29, 1.82) is 0 Å². The molecule has 1 amide bonds. The molecule has 7 nitrogen and oxygen atoms in total. The maximum atomic E-state index is 11.7. The van der Waals surface area contributed by atoms with Crippen molar-refractivity contribution in [3.05, 3.63) is 17.7 Å². The Bertz CT molecular complexity index is 577. The first-order valence-electron chi connectivity index (χ1n) is 5.86. The van der Waals surface area contributed by atoms with Gasteiger partial charge in [-0.05, 0) is 20.8 Å². The van der Waals surface area contributed by atoms with E-state index in [2.05, 4.69) is 20.7 Å². The highest BCUT2D eigenvalue weighted by atomic mass is 32.2. The minimum atomic E-state index is -0.151. The highest BCUT2D eigenvalue weighted by Gasteiger charge is 2.11. The zero-order chi connectivity index (χ0) is 13.8. The molecule has 0 fully saturated rings. The van der Waals surface area contributed by atoms with Crippen LogP contribution in [0.5, 0.6) is 0 Å². The van der Waals surface area contributed by atoms with Crippen LogP contribution in [0.1, 0.15) is 18.5 Å². The van der Waals surface area contributed by atoms with Gasteiger partial charge in [-0.3, -0.25) is 4.79 Å². The Morgan fingerprint density at radius 3 is 2.89 bits per heavy atom. The molecular weight excluding hydrogens is 266 g/mol. The molecule has 0 aliphatic heterocycles. The standard InChI is InChI=1S/C11H15N5O2S/c1-4-16-8(3)13-14-11(16)19-6-10(17)12-9-5-7(2)18-15-9/h5H,4,6H2,1-3H3,(H,12,15,17). The van der Waals surface area contributed by atoms with Gasteiger partial charge in [0.1, 0.15) is 11.6 Å². The summed E-state index contributed by atoms with van der Waals surface area (Å²) in [4.78, 5) is 11.7. The molecule has 0 aliphatic carbocycles. The Labute approximate surface area is 114 Å². The topological polar surface area (TPSA) is 85.8 Å². The average Bonchev–Trinajstić information content (AvgIpc) is 2.93. The molecule has 2 aromatic rings. The molecule has 0 radical (unpaired) electrons. The van der Waals surface area contributed by atoms with Crippen molar-refractivity contribution in [3.8, 4) is 0 Å². The molecule has 0 aliphatic rings. The van der Waals surface area contributed by atoms with E-state index in [-0.39, 0.29) is 11.7 Å². The van der Waals surface area contributed by atoms with Crippen LogP contribution >= 0.6 is 11.8 Å². The number of amides is 1. The minimum absolute atomic E-state index is 0.151. The van der Waals surface area contributed by atoms with Crippen LogP contribution in [-0.4, -0.2) is 31.6 Å². The smallest absolute Gasteiger partial charge is 0.236 e. The van der Waals surface area contributed by atoms with Gasteiger partial charge in [0.05, 0.1) is 5.75 Å². The molecule has 0 saturated carbocycles. The number of aryl methyl sites for hydroxylation is 2. The van der Waals surface area contributed by atoms with Gasteiger partial charge in [-0.2, -0.15) is 0 Å². The zero-order valence-electron chi connectivity index (χ0n) is 11.0. The van der Waals surface area contributed by atoms with Gasteiger partial charge in [-0.15, -0.1) is 10.2 Å². The lowest BCUT2D eigenvalue weighted by Gasteiger charge is -2.04. The van der Waals surface area contributed by atoms with Crippen molar-refractivity contribution in [2.45, 2.75) is 32.5 Å². The minimum Gasteiger partial charge on any atom is -0.360 e. The molecule has 2 rings (SSSR count). The molecule has 102 valence electrons. The Morgan fingerprint density at radius 1 is 1.47 bits per heavy atom. The third kappa shape index (κ3) is 3.34. The fraction of sp³-hybridized carbons (Fsp3) is 0.455. The summed E-state index contributed by atoms with van der Waals surface area (Å²) in [5.74, 6) is 2.03. The van der Waals surface area contributed by atoms with Gasteiger partial charge in [0, 0.05) is 12.6 Å². The van der Waals surface area contributed by atoms with E-state index in [0.717, 1.165) is 17.5 Å². The van der Waals surface area contributed by atoms with Crippen LogP contribution in [0.2, 0.25) is 0 Å². The highest BCUT2D eigenvalue weighted by Crippen LogP contribution is 2.17. The molecule has 19 heavy (non-hydrogen) atoms. The van der Waals surface area contributed by atoms with Gasteiger partial charge >= 0.3 is 0 Å². The number of carbonyl (C=O) groups excluding carboxylic acids is 1. The van der Waals surface area contributed by atoms with E-state index in [1.165, 1.54) is 11.8 Å². The maximum absolute atomic E-state index is 11.7. The molecule has 2 heterocycles. The first kappa shape index (κ1) is 13.6. The number of nitrogens with zero attached hydrogens (tertiary/aromatic N) is 4. The van der Waals surface area contributed by atoms with Gasteiger partial charge in [-0.1, -0.05) is 16.9 Å². The molecule has 2 aromatic heterocycles. The summed E-state index contributed by atoms with van der Waals surface area (Å²) in [6.45, 7) is 6.45. The summed E-state index contributed by atoms with van der Waals surface area (Å²) < 4.78 is 6.83. The van der Waals surface area contributed by atoms with Crippen molar-refractivity contribution >= 4 is 23.5 Å². The van der Waals surface area contributed by atoms with Crippen LogP contribution < -0.4 is 5.32 Å². The Hall–Kier alpha value is -1.83. The lowest BCUT2D eigenvalue weighted by Crippen LogP contribution is -2.14. The van der Waals surface area contributed by atoms with Crippen LogP contribution in [0, 0.1) is 13.8 Å². The first-order valence-corrected chi connectivity index (χ1v) is 6.84. The van der Waals surface area contributed by atoms with Gasteiger partial charge in [0.2, 0.25) is 5.91 Å². The highest BCUT2D eigenvalue weighted by molar-refractivity contribution is 7.99. The first-order chi connectivity index (χ1) is 9.10. The molecule has 0 atom stereocenters. The van der Waals surface area contributed by atoms with Crippen molar-refractivity contribution < 1.29 is 9.32 Å². The number of hydrogen-bond donors (Lipinski definition) is 1. The fourth-order valence-corrected chi connectivity index (χ4v) is 2.41. The second-order valence-corrected chi connectivity index (χ2v) is 4.88. The SMILES string of the molecule is CCn1c(C)nnc1SCC(=O)Nc1cc(C)on1. The fourth-order valence-electron chi connectivity index (χ4n) is 1.57. The van der Waals surface area contributed by atoms with Gasteiger partial charge < -0.3 is 14.4 Å². The maximum Gasteiger partial charge on any atom is 0.236 e. The van der Waals surface area contributed by atoms with Crippen LogP contribution in [0.15, 0.2) is 15.7 Å². The van der Waals surface area contributed by atoms with E-state index < -0.39 is 0 Å². The van der Waals surface area contributed by atoms with E-state index in [0.29, 0.717) is 11.6 Å². The number of carbonyl (C=O) groups is 1. The van der Waals surface area contributed by atoms with Crippen molar-refractivity contribution in [3.63, 3.8) is 0 Å². The van der Waals surface area contributed by atoms with E-state index in [4.69, 9.17) is 4.52 Å². The summed E-state index contributed by atoms with van der Waals surface area (Å²) in [6, 6.07) is 1.67. The number of nitrogens with one attached hydrogen (secondary N) is 1. The third-order valence-electron chi connectivity index (χ3n) is 2.45. The Balaban J connectivity index is 1.89. The Kier molecular flexibility index (Phi) is 4.20. The largest absolute Gasteiger partial charge is 0.360 e. The van der Waals surface area contributed by atoms with E-state index in [1.54, 1.807) is 13.0 Å². The molecular formula is C11H15N5O2S. The zero-order valence-corrected chi connectivity index (χ0v) is 11.8. The number of anilines is 1. The number of thioether (sulfide) groups is 1. The van der Waals surface area contributed by atoms with E-state index in [9.17, 15) is 4.79 Å². The summed E-state index contributed by atoms with van der Waals surface area (Å²) in [6.07, 6.45) is 0. The molecule has 0 aromatic carbocycles. The molecule has 0 saturated heterocycles. The van der Waals surface area contributed by atoms with Crippen LogP contribution in [0.4, 0.5) is 5.82 Å². The van der Waals surface area contributed by atoms with E-state index in [1.807, 2.05) is 18.4 Å². The predicted octanol–water partition coefficient (Wildman–Crippen LogP) is 1.63. The van der Waals surface area contributed by atoms with Gasteiger partial charge in [0.15, 0.2) is 11.0 Å². The van der Waals surface area contributed by atoms with Crippen LogP contribution in [-0.2, 0) is 11.3 Å².